The third kappa shape index (κ3) is 4.22. The molecule has 160 valence electrons. The van der Waals surface area contributed by atoms with Gasteiger partial charge in [0.15, 0.2) is 19.7 Å². The standard InChI is InChI=1S/C21H24N2O5S2/c24-21(23-13-11-22(12-14-23)18-4-2-1-3-5-18)17-6-8-19(9-7-17)30(27,28)20-10-15-29(25,26)16-20/h1-9,20H,10-16H2/t20-/m1/s1. The van der Waals surface area contributed by atoms with Gasteiger partial charge in [-0.05, 0) is 42.8 Å². The van der Waals surface area contributed by atoms with Crippen molar-refractivity contribution in [3.05, 3.63) is 60.2 Å². The Labute approximate surface area is 177 Å². The van der Waals surface area contributed by atoms with Crippen molar-refractivity contribution in [3.8, 4) is 0 Å². The van der Waals surface area contributed by atoms with Crippen molar-refractivity contribution in [2.45, 2.75) is 16.6 Å². The molecule has 9 heteroatoms. The number of anilines is 1. The largest absolute Gasteiger partial charge is 0.368 e. The molecule has 2 aromatic rings. The quantitative estimate of drug-likeness (QED) is 0.706. The van der Waals surface area contributed by atoms with Crippen LogP contribution in [0, 0.1) is 0 Å². The number of nitrogens with zero attached hydrogens (tertiary/aromatic N) is 2. The fraction of sp³-hybridized carbons (Fsp3) is 0.381. The summed E-state index contributed by atoms with van der Waals surface area (Å²) in [5.74, 6) is -0.556. The molecule has 2 saturated heterocycles. The van der Waals surface area contributed by atoms with E-state index in [4.69, 9.17) is 0 Å². The molecule has 0 unspecified atom stereocenters. The van der Waals surface area contributed by atoms with E-state index in [1.54, 1.807) is 4.90 Å². The Hall–Kier alpha value is -2.39. The molecule has 0 aliphatic carbocycles. The molecule has 1 atom stereocenters. The van der Waals surface area contributed by atoms with Crippen molar-refractivity contribution in [2.24, 2.45) is 0 Å². The molecule has 0 saturated carbocycles. The lowest BCUT2D eigenvalue weighted by molar-refractivity contribution is 0.0746. The van der Waals surface area contributed by atoms with Gasteiger partial charge in [0, 0.05) is 37.4 Å². The van der Waals surface area contributed by atoms with Gasteiger partial charge < -0.3 is 9.80 Å². The summed E-state index contributed by atoms with van der Waals surface area (Å²) < 4.78 is 48.7. The highest BCUT2D eigenvalue weighted by atomic mass is 32.2. The minimum absolute atomic E-state index is 0.0649. The normalized spacial score (nSPS) is 21.5. The molecule has 1 amide bonds. The number of carbonyl (C=O) groups is 1. The minimum atomic E-state index is -3.73. The highest BCUT2D eigenvalue weighted by Gasteiger charge is 2.38. The third-order valence-corrected chi connectivity index (χ3v) is 9.94. The Balaban J connectivity index is 1.41. The first-order chi connectivity index (χ1) is 14.3. The van der Waals surface area contributed by atoms with E-state index in [0.717, 1.165) is 18.8 Å². The van der Waals surface area contributed by atoms with E-state index in [9.17, 15) is 21.6 Å². The molecule has 4 rings (SSSR count). The number of hydrogen-bond donors (Lipinski definition) is 0. The topological polar surface area (TPSA) is 91.8 Å². The van der Waals surface area contributed by atoms with Gasteiger partial charge in [-0.1, -0.05) is 18.2 Å². The zero-order valence-electron chi connectivity index (χ0n) is 16.5. The summed E-state index contributed by atoms with van der Waals surface area (Å²) in [4.78, 5) is 16.9. The summed E-state index contributed by atoms with van der Waals surface area (Å²) in [5, 5.41) is -0.907. The average molecular weight is 449 g/mol. The molecule has 30 heavy (non-hydrogen) atoms. The summed E-state index contributed by atoms with van der Waals surface area (Å²) >= 11 is 0. The van der Waals surface area contributed by atoms with Gasteiger partial charge in [0.05, 0.1) is 21.7 Å². The van der Waals surface area contributed by atoms with Crippen LogP contribution in [0.1, 0.15) is 16.8 Å². The smallest absolute Gasteiger partial charge is 0.253 e. The fourth-order valence-corrected chi connectivity index (χ4v) is 8.33. The highest BCUT2D eigenvalue weighted by molar-refractivity contribution is 7.96. The number of piperazine rings is 1. The second-order valence-electron chi connectivity index (χ2n) is 7.71. The van der Waals surface area contributed by atoms with E-state index in [0.29, 0.717) is 18.7 Å². The molecule has 0 spiro atoms. The van der Waals surface area contributed by atoms with Crippen molar-refractivity contribution in [1.29, 1.82) is 0 Å². The highest BCUT2D eigenvalue weighted by Crippen LogP contribution is 2.26. The van der Waals surface area contributed by atoms with E-state index >= 15 is 0 Å². The van der Waals surface area contributed by atoms with Crippen molar-refractivity contribution in [2.75, 3.05) is 42.6 Å². The Morgan fingerprint density at radius 2 is 1.53 bits per heavy atom. The van der Waals surface area contributed by atoms with Gasteiger partial charge in [0.25, 0.3) is 5.91 Å². The van der Waals surface area contributed by atoms with Crippen molar-refractivity contribution < 1.29 is 21.6 Å². The van der Waals surface area contributed by atoms with Crippen LogP contribution >= 0.6 is 0 Å². The summed E-state index contributed by atoms with van der Waals surface area (Å²) in [5.41, 5.74) is 1.56. The molecule has 0 bridgehead atoms. The Kier molecular flexibility index (Phi) is 5.59. The number of benzene rings is 2. The van der Waals surface area contributed by atoms with Crippen LogP contribution in [0.3, 0.4) is 0 Å². The van der Waals surface area contributed by atoms with Crippen LogP contribution in [0.25, 0.3) is 0 Å². The lowest BCUT2D eigenvalue weighted by Crippen LogP contribution is -2.48. The molecule has 0 aromatic heterocycles. The molecule has 0 radical (unpaired) electrons. The monoisotopic (exact) mass is 448 g/mol. The first-order valence-corrected chi connectivity index (χ1v) is 13.3. The predicted molar refractivity (Wildman–Crippen MR) is 115 cm³/mol. The van der Waals surface area contributed by atoms with Crippen LogP contribution in [0.4, 0.5) is 5.69 Å². The zero-order valence-corrected chi connectivity index (χ0v) is 18.1. The predicted octanol–water partition coefficient (Wildman–Crippen LogP) is 1.61. The summed E-state index contributed by atoms with van der Waals surface area (Å²) in [6.07, 6.45) is 0.122. The van der Waals surface area contributed by atoms with E-state index in [-0.39, 0.29) is 28.7 Å². The first-order valence-electron chi connectivity index (χ1n) is 9.90. The van der Waals surface area contributed by atoms with Crippen LogP contribution in [-0.4, -0.2) is 70.6 Å². The average Bonchev–Trinajstić information content (AvgIpc) is 3.14. The van der Waals surface area contributed by atoms with Gasteiger partial charge in [-0.3, -0.25) is 4.79 Å². The Morgan fingerprint density at radius 1 is 0.900 bits per heavy atom. The van der Waals surface area contributed by atoms with Crippen LogP contribution in [-0.2, 0) is 19.7 Å². The van der Waals surface area contributed by atoms with Crippen LogP contribution < -0.4 is 4.90 Å². The maximum atomic E-state index is 12.8. The van der Waals surface area contributed by atoms with E-state index < -0.39 is 24.9 Å². The number of amides is 1. The molecule has 0 N–H and O–H groups in total. The summed E-state index contributed by atoms with van der Waals surface area (Å²) in [6, 6.07) is 15.9. The van der Waals surface area contributed by atoms with Crippen molar-refractivity contribution in [3.63, 3.8) is 0 Å². The van der Waals surface area contributed by atoms with E-state index in [1.165, 1.54) is 24.3 Å². The van der Waals surface area contributed by atoms with Crippen molar-refractivity contribution >= 4 is 31.3 Å². The number of rotatable bonds is 4. The van der Waals surface area contributed by atoms with Gasteiger partial charge in [0.2, 0.25) is 0 Å². The van der Waals surface area contributed by atoms with Crippen LogP contribution in [0.15, 0.2) is 59.5 Å². The van der Waals surface area contributed by atoms with Gasteiger partial charge >= 0.3 is 0 Å². The van der Waals surface area contributed by atoms with Crippen LogP contribution in [0.5, 0.6) is 0 Å². The minimum Gasteiger partial charge on any atom is -0.368 e. The lowest BCUT2D eigenvalue weighted by atomic mass is 10.1. The zero-order chi connectivity index (χ0) is 21.4. The lowest BCUT2D eigenvalue weighted by Gasteiger charge is -2.36. The van der Waals surface area contributed by atoms with Crippen molar-refractivity contribution in [1.82, 2.24) is 4.90 Å². The Bertz CT molecular complexity index is 1120. The number of sulfone groups is 2. The van der Waals surface area contributed by atoms with Gasteiger partial charge in [0.1, 0.15) is 0 Å². The molecule has 2 aliphatic rings. The Morgan fingerprint density at radius 3 is 2.10 bits per heavy atom. The SMILES string of the molecule is O=C(c1ccc(S(=O)(=O)[C@@H]2CCS(=O)(=O)C2)cc1)N1CCN(c2ccccc2)CC1. The van der Waals surface area contributed by atoms with Crippen LogP contribution in [0.2, 0.25) is 0 Å². The molecular weight excluding hydrogens is 424 g/mol. The number of carbonyl (C=O) groups excluding carboxylic acids is 1. The fourth-order valence-electron chi connectivity index (χ4n) is 3.97. The number of hydrogen-bond acceptors (Lipinski definition) is 6. The van der Waals surface area contributed by atoms with E-state index in [1.807, 2.05) is 30.3 Å². The maximum Gasteiger partial charge on any atom is 0.253 e. The third-order valence-electron chi connectivity index (χ3n) is 5.75. The summed E-state index contributed by atoms with van der Waals surface area (Å²) in [6.45, 7) is 2.65. The second-order valence-corrected chi connectivity index (χ2v) is 12.2. The second kappa shape index (κ2) is 8.03. The molecule has 2 aromatic carbocycles. The molecular formula is C21H24N2O5S2. The molecule has 7 nitrogen and oxygen atoms in total. The van der Waals surface area contributed by atoms with Gasteiger partial charge in [-0.2, -0.15) is 0 Å². The van der Waals surface area contributed by atoms with Gasteiger partial charge in [-0.25, -0.2) is 16.8 Å². The van der Waals surface area contributed by atoms with E-state index in [2.05, 4.69) is 4.90 Å². The summed E-state index contributed by atoms with van der Waals surface area (Å²) in [7, 11) is -7.02. The molecule has 2 fully saturated rings. The number of para-hydroxylation sites is 1. The first kappa shape index (κ1) is 20.9. The molecule has 2 aliphatic heterocycles. The van der Waals surface area contributed by atoms with Gasteiger partial charge in [-0.15, -0.1) is 0 Å². The maximum absolute atomic E-state index is 12.8. The molecule has 2 heterocycles.